The van der Waals surface area contributed by atoms with E-state index in [1.54, 1.807) is 63.5 Å². The molecular formula is C29H41FO4. The van der Waals surface area contributed by atoms with E-state index < -0.39 is 17.4 Å². The van der Waals surface area contributed by atoms with Gasteiger partial charge in [0.05, 0.1) is 13.7 Å². The Morgan fingerprint density at radius 2 is 1.71 bits per heavy atom. The van der Waals surface area contributed by atoms with Gasteiger partial charge in [0.25, 0.3) is 0 Å². The molecule has 1 aliphatic rings. The number of esters is 1. The smallest absolute Gasteiger partial charge is 0.350 e. The first-order valence-electron chi connectivity index (χ1n) is 11.4. The summed E-state index contributed by atoms with van der Waals surface area (Å²) in [5.41, 5.74) is 2.37. The summed E-state index contributed by atoms with van der Waals surface area (Å²) in [7, 11) is 1.56. The number of rotatable bonds is 7. The third kappa shape index (κ3) is 13.3. The molecular weight excluding hydrogens is 431 g/mol. The molecule has 0 amide bonds. The number of para-hydroxylation sites is 1. The summed E-state index contributed by atoms with van der Waals surface area (Å²) in [6.07, 6.45) is 12.9. The molecule has 0 saturated heterocycles. The first-order chi connectivity index (χ1) is 16.3. The average molecular weight is 473 g/mol. The highest BCUT2D eigenvalue weighted by Gasteiger charge is 2.38. The lowest BCUT2D eigenvalue weighted by Gasteiger charge is -2.29. The van der Waals surface area contributed by atoms with Crippen LogP contribution in [0.5, 0.6) is 5.75 Å². The van der Waals surface area contributed by atoms with Crippen molar-refractivity contribution in [2.24, 2.45) is 0 Å². The van der Waals surface area contributed by atoms with Crippen LogP contribution < -0.4 is 4.74 Å². The monoisotopic (exact) mass is 472 g/mol. The Kier molecular flexibility index (Phi) is 19.6. The van der Waals surface area contributed by atoms with Crippen LogP contribution in [0.4, 0.5) is 4.39 Å². The maximum Gasteiger partial charge on any atom is 0.350 e. The van der Waals surface area contributed by atoms with Gasteiger partial charge in [-0.3, -0.25) is 0 Å². The highest BCUT2D eigenvalue weighted by Crippen LogP contribution is 2.29. The van der Waals surface area contributed by atoms with Crippen molar-refractivity contribution < 1.29 is 23.4 Å². The van der Waals surface area contributed by atoms with Crippen molar-refractivity contribution in [3.05, 3.63) is 96.3 Å². The SMILES string of the molecule is C/C=C\C.C=CC.CC.CCOC(=O)C(C)(CC1=CC=C(OC)C=C=C1)Oc1ccccc1F. The van der Waals surface area contributed by atoms with Gasteiger partial charge in [-0.2, -0.15) is 0 Å². The zero-order valence-corrected chi connectivity index (χ0v) is 22.0. The van der Waals surface area contributed by atoms with E-state index in [4.69, 9.17) is 14.2 Å². The fourth-order valence-electron chi connectivity index (χ4n) is 2.35. The second kappa shape index (κ2) is 20.3. The molecule has 0 aliphatic heterocycles. The van der Waals surface area contributed by atoms with Crippen molar-refractivity contribution in [3.63, 3.8) is 0 Å². The molecule has 0 radical (unpaired) electrons. The minimum Gasteiger partial charge on any atom is -0.496 e. The van der Waals surface area contributed by atoms with Crippen LogP contribution in [0.25, 0.3) is 0 Å². The number of allylic oxidation sites excluding steroid dienone is 6. The molecule has 0 N–H and O–H groups in total. The van der Waals surface area contributed by atoms with E-state index in [-0.39, 0.29) is 18.8 Å². The molecule has 0 spiro atoms. The molecule has 0 heterocycles. The van der Waals surface area contributed by atoms with Crippen molar-refractivity contribution in [2.75, 3.05) is 13.7 Å². The van der Waals surface area contributed by atoms with Crippen molar-refractivity contribution in [3.8, 4) is 5.75 Å². The van der Waals surface area contributed by atoms with Crippen LogP contribution in [0.1, 0.15) is 54.9 Å². The van der Waals surface area contributed by atoms with E-state index >= 15 is 0 Å². The number of ether oxygens (including phenoxy) is 3. The summed E-state index contributed by atoms with van der Waals surface area (Å²) >= 11 is 0. The fraction of sp³-hybridized carbons (Fsp3) is 0.379. The van der Waals surface area contributed by atoms with Crippen molar-refractivity contribution >= 4 is 5.97 Å². The molecule has 1 aliphatic carbocycles. The van der Waals surface area contributed by atoms with Crippen LogP contribution >= 0.6 is 0 Å². The van der Waals surface area contributed by atoms with E-state index in [2.05, 4.69) is 12.3 Å². The zero-order valence-electron chi connectivity index (χ0n) is 22.0. The highest BCUT2D eigenvalue weighted by atomic mass is 19.1. The van der Waals surface area contributed by atoms with Crippen molar-refractivity contribution in [1.29, 1.82) is 0 Å². The van der Waals surface area contributed by atoms with E-state index in [1.807, 2.05) is 46.8 Å². The third-order valence-electron chi connectivity index (χ3n) is 3.95. The fourth-order valence-corrected chi connectivity index (χ4v) is 2.35. The first kappa shape index (κ1) is 32.9. The van der Waals surface area contributed by atoms with Crippen LogP contribution in [-0.2, 0) is 14.3 Å². The van der Waals surface area contributed by atoms with Crippen LogP contribution in [0, 0.1) is 5.82 Å². The number of methoxy groups -OCH3 is 1. The Labute approximate surface area is 205 Å². The van der Waals surface area contributed by atoms with E-state index in [1.165, 1.54) is 12.1 Å². The Bertz CT molecular complexity index is 870. The predicted octanol–water partition coefficient (Wildman–Crippen LogP) is 7.90. The molecule has 1 aromatic carbocycles. The maximum absolute atomic E-state index is 14.0. The van der Waals surface area contributed by atoms with Gasteiger partial charge in [-0.25, -0.2) is 9.18 Å². The predicted molar refractivity (Wildman–Crippen MR) is 140 cm³/mol. The molecule has 1 aromatic rings. The van der Waals surface area contributed by atoms with Gasteiger partial charge in [0.15, 0.2) is 11.6 Å². The Hall–Kier alpha value is -3.30. The Balaban J connectivity index is 0. The highest BCUT2D eigenvalue weighted by molar-refractivity contribution is 5.80. The third-order valence-corrected chi connectivity index (χ3v) is 3.95. The normalized spacial score (nSPS) is 13.1. The number of halogens is 1. The van der Waals surface area contributed by atoms with Gasteiger partial charge < -0.3 is 14.2 Å². The summed E-state index contributed by atoms with van der Waals surface area (Å²) in [5.74, 6) is -0.458. The number of hydrogen-bond donors (Lipinski definition) is 0. The Morgan fingerprint density at radius 3 is 2.21 bits per heavy atom. The molecule has 34 heavy (non-hydrogen) atoms. The first-order valence-corrected chi connectivity index (χ1v) is 11.4. The average Bonchev–Trinajstić information content (AvgIpc) is 3.07. The molecule has 1 unspecified atom stereocenters. The van der Waals surface area contributed by atoms with E-state index in [0.717, 1.165) is 5.57 Å². The van der Waals surface area contributed by atoms with Gasteiger partial charge in [0.2, 0.25) is 5.60 Å². The molecule has 188 valence electrons. The zero-order chi connectivity index (χ0) is 26.4. The lowest BCUT2D eigenvalue weighted by Crippen LogP contribution is -2.43. The second-order valence-corrected chi connectivity index (χ2v) is 6.71. The number of carbonyl (C=O) groups is 1. The molecule has 0 bridgehead atoms. The molecule has 0 saturated carbocycles. The van der Waals surface area contributed by atoms with Crippen LogP contribution in [0.2, 0.25) is 0 Å². The van der Waals surface area contributed by atoms with Crippen molar-refractivity contribution in [2.45, 2.75) is 60.5 Å². The topological polar surface area (TPSA) is 44.8 Å². The minimum absolute atomic E-state index is 0.0000747. The minimum atomic E-state index is -1.38. The van der Waals surface area contributed by atoms with Crippen LogP contribution in [0.15, 0.2) is 90.4 Å². The molecule has 1 atom stereocenters. The largest absolute Gasteiger partial charge is 0.496 e. The molecule has 2 rings (SSSR count). The van der Waals surface area contributed by atoms with Gasteiger partial charge in [-0.1, -0.05) is 50.3 Å². The van der Waals surface area contributed by atoms with Gasteiger partial charge in [-0.15, -0.1) is 12.3 Å². The van der Waals surface area contributed by atoms with Gasteiger partial charge >= 0.3 is 5.97 Å². The lowest BCUT2D eigenvalue weighted by molar-refractivity contribution is -0.160. The maximum atomic E-state index is 14.0. The van der Waals surface area contributed by atoms with Crippen LogP contribution in [0.3, 0.4) is 0 Å². The molecule has 5 heteroatoms. The molecule has 4 nitrogen and oxygen atoms in total. The molecule has 0 fully saturated rings. The number of benzene rings is 1. The number of carbonyl (C=O) groups excluding carboxylic acids is 1. The van der Waals surface area contributed by atoms with Gasteiger partial charge in [0, 0.05) is 12.5 Å². The van der Waals surface area contributed by atoms with Crippen LogP contribution in [-0.4, -0.2) is 25.3 Å². The summed E-state index contributed by atoms with van der Waals surface area (Å²) in [4.78, 5) is 12.5. The van der Waals surface area contributed by atoms with Gasteiger partial charge in [0.1, 0.15) is 5.76 Å². The summed E-state index contributed by atoms with van der Waals surface area (Å²) in [5, 5.41) is 0. The Morgan fingerprint density at radius 1 is 1.12 bits per heavy atom. The summed E-state index contributed by atoms with van der Waals surface area (Å²) in [6, 6.07) is 5.96. The summed E-state index contributed by atoms with van der Waals surface area (Å²) < 4.78 is 30.0. The van der Waals surface area contributed by atoms with E-state index in [9.17, 15) is 9.18 Å². The molecule has 0 aromatic heterocycles. The quantitative estimate of drug-likeness (QED) is 0.230. The summed E-state index contributed by atoms with van der Waals surface area (Å²) in [6.45, 7) is 16.8. The second-order valence-electron chi connectivity index (χ2n) is 6.71. The lowest BCUT2D eigenvalue weighted by atomic mass is 9.95. The van der Waals surface area contributed by atoms with E-state index in [0.29, 0.717) is 5.76 Å². The standard InChI is InChI=1S/C20H21FO4.C4H8.C3H6.C2H6/c1-4-24-19(22)20(2,25-18-11-6-5-10-17(18)21)14-15-8-7-9-16(23-3)13-12-15;1-3-4-2;1-3-2;1-2/h5-6,8-13H,4,14H2,1-3H3;3-4H,1-2H3;3H,1H2,2H3;1-2H3/b;4-3-;;. The number of hydrogen-bond acceptors (Lipinski definition) is 4. The van der Waals surface area contributed by atoms with Gasteiger partial charge in [-0.05, 0) is 64.5 Å². The van der Waals surface area contributed by atoms with Crippen molar-refractivity contribution in [1.82, 2.24) is 0 Å².